The Morgan fingerprint density at radius 2 is 2.05 bits per heavy atom. The second-order valence-corrected chi connectivity index (χ2v) is 4.47. The van der Waals surface area contributed by atoms with E-state index in [1.54, 1.807) is 0 Å². The van der Waals surface area contributed by atoms with E-state index in [2.05, 4.69) is 0 Å². The molecule has 0 aromatic heterocycles. The van der Waals surface area contributed by atoms with Crippen LogP contribution in [0.25, 0.3) is 0 Å². The molecule has 108 valence electrons. The van der Waals surface area contributed by atoms with Gasteiger partial charge in [0.25, 0.3) is 5.69 Å². The number of rotatable bonds is 6. The average molecular weight is 282 g/mol. The minimum Gasteiger partial charge on any atom is -0.496 e. The first-order valence-electron chi connectivity index (χ1n) is 5.56. The van der Waals surface area contributed by atoms with Gasteiger partial charge in [0.2, 0.25) is 5.91 Å². The SMILES string of the molecule is COc1cc(CC(C)(C(N)=O)C(=O)O)cc([N+](=O)[O-])c1. The van der Waals surface area contributed by atoms with E-state index in [0.29, 0.717) is 0 Å². The summed E-state index contributed by atoms with van der Waals surface area (Å²) in [6, 6.07) is 3.82. The second kappa shape index (κ2) is 5.55. The fourth-order valence-corrected chi connectivity index (χ4v) is 1.65. The normalized spacial score (nSPS) is 13.3. The van der Waals surface area contributed by atoms with E-state index in [9.17, 15) is 19.7 Å². The van der Waals surface area contributed by atoms with Crippen LogP contribution in [0.2, 0.25) is 0 Å². The number of nitro benzene ring substituents is 1. The van der Waals surface area contributed by atoms with Crippen molar-refractivity contribution in [1.29, 1.82) is 0 Å². The summed E-state index contributed by atoms with van der Waals surface area (Å²) in [6.07, 6.45) is -0.268. The van der Waals surface area contributed by atoms with Crippen molar-refractivity contribution < 1.29 is 24.4 Å². The Morgan fingerprint density at radius 3 is 2.45 bits per heavy atom. The standard InChI is InChI=1S/C12H14N2O6/c1-12(10(13)15,11(16)17)6-7-3-8(14(18)19)5-9(4-7)20-2/h3-5H,6H2,1-2H3,(H2,13,15)(H,16,17). The first-order chi connectivity index (χ1) is 9.20. The number of nitrogens with two attached hydrogens (primary N) is 1. The van der Waals surface area contributed by atoms with Gasteiger partial charge in [0, 0.05) is 6.07 Å². The summed E-state index contributed by atoms with van der Waals surface area (Å²) >= 11 is 0. The number of hydrogen-bond acceptors (Lipinski definition) is 5. The third-order valence-electron chi connectivity index (χ3n) is 2.97. The van der Waals surface area contributed by atoms with Crippen molar-refractivity contribution in [2.24, 2.45) is 11.1 Å². The Balaban J connectivity index is 3.26. The van der Waals surface area contributed by atoms with Gasteiger partial charge in [-0.3, -0.25) is 19.7 Å². The van der Waals surface area contributed by atoms with Crippen molar-refractivity contribution in [3.8, 4) is 5.75 Å². The third kappa shape index (κ3) is 3.02. The number of primary amides is 1. The van der Waals surface area contributed by atoms with Crippen LogP contribution in [0.3, 0.4) is 0 Å². The molecule has 0 spiro atoms. The molecule has 1 aromatic carbocycles. The van der Waals surface area contributed by atoms with Gasteiger partial charge >= 0.3 is 5.97 Å². The quantitative estimate of drug-likeness (QED) is 0.448. The number of aliphatic carboxylic acids is 1. The molecular weight excluding hydrogens is 268 g/mol. The number of hydrogen-bond donors (Lipinski definition) is 2. The number of carboxylic acids is 1. The van der Waals surface area contributed by atoms with Gasteiger partial charge in [-0.25, -0.2) is 0 Å². The lowest BCUT2D eigenvalue weighted by atomic mass is 9.83. The van der Waals surface area contributed by atoms with Crippen LogP contribution >= 0.6 is 0 Å². The predicted molar refractivity (Wildman–Crippen MR) is 68.3 cm³/mol. The topological polar surface area (TPSA) is 133 Å². The molecule has 0 saturated heterocycles. The molecule has 1 unspecified atom stereocenters. The van der Waals surface area contributed by atoms with Gasteiger partial charge in [-0.15, -0.1) is 0 Å². The summed E-state index contributed by atoms with van der Waals surface area (Å²) in [4.78, 5) is 32.7. The van der Waals surface area contributed by atoms with Crippen molar-refractivity contribution in [3.63, 3.8) is 0 Å². The van der Waals surface area contributed by atoms with Gasteiger partial charge in [-0.2, -0.15) is 0 Å². The molecule has 8 nitrogen and oxygen atoms in total. The maximum atomic E-state index is 11.3. The van der Waals surface area contributed by atoms with Gasteiger partial charge in [-0.05, 0) is 25.0 Å². The Hall–Kier alpha value is -2.64. The molecule has 0 heterocycles. The fourth-order valence-electron chi connectivity index (χ4n) is 1.65. The minimum absolute atomic E-state index is 0.200. The maximum Gasteiger partial charge on any atom is 0.319 e. The molecule has 0 aliphatic heterocycles. The summed E-state index contributed by atoms with van der Waals surface area (Å²) in [5, 5.41) is 19.9. The highest BCUT2D eigenvalue weighted by Gasteiger charge is 2.40. The number of carbonyl (C=O) groups excluding carboxylic acids is 1. The summed E-state index contributed by atoms with van der Waals surface area (Å²) < 4.78 is 4.91. The molecule has 8 heteroatoms. The zero-order valence-electron chi connectivity index (χ0n) is 11.0. The van der Waals surface area contributed by atoms with Crippen molar-refractivity contribution in [2.45, 2.75) is 13.3 Å². The highest BCUT2D eigenvalue weighted by atomic mass is 16.6. The average Bonchev–Trinajstić information content (AvgIpc) is 2.37. The summed E-state index contributed by atoms with van der Waals surface area (Å²) in [7, 11) is 1.33. The van der Waals surface area contributed by atoms with Crippen LogP contribution in [0.5, 0.6) is 5.75 Å². The van der Waals surface area contributed by atoms with Crippen LogP contribution in [-0.4, -0.2) is 29.0 Å². The molecule has 0 bridgehead atoms. The van der Waals surface area contributed by atoms with Gasteiger partial charge < -0.3 is 15.6 Å². The molecule has 1 atom stereocenters. The molecule has 0 saturated carbocycles. The molecule has 0 aliphatic rings. The van der Waals surface area contributed by atoms with Crippen LogP contribution < -0.4 is 10.5 Å². The van der Waals surface area contributed by atoms with Crippen LogP contribution in [0, 0.1) is 15.5 Å². The summed E-state index contributed by atoms with van der Waals surface area (Å²) in [5.41, 5.74) is 3.28. The van der Waals surface area contributed by atoms with Gasteiger partial charge in [0.05, 0.1) is 18.1 Å². The Labute approximate surface area is 114 Å². The largest absolute Gasteiger partial charge is 0.496 e. The van der Waals surface area contributed by atoms with Crippen molar-refractivity contribution in [3.05, 3.63) is 33.9 Å². The number of non-ortho nitro benzene ring substituents is 1. The lowest BCUT2D eigenvalue weighted by Crippen LogP contribution is -2.43. The number of ether oxygens (including phenoxy) is 1. The Kier molecular flexibility index (Phi) is 4.28. The summed E-state index contributed by atoms with van der Waals surface area (Å²) in [6.45, 7) is 1.17. The van der Waals surface area contributed by atoms with E-state index in [1.807, 2.05) is 0 Å². The molecular formula is C12H14N2O6. The minimum atomic E-state index is -1.85. The third-order valence-corrected chi connectivity index (χ3v) is 2.97. The van der Waals surface area contributed by atoms with Crippen LogP contribution in [0.1, 0.15) is 12.5 Å². The molecule has 1 rings (SSSR count). The number of carboxylic acid groups (broad SMARTS) is 1. The van der Waals surface area contributed by atoms with E-state index in [1.165, 1.54) is 32.2 Å². The molecule has 20 heavy (non-hydrogen) atoms. The monoisotopic (exact) mass is 282 g/mol. The first-order valence-corrected chi connectivity index (χ1v) is 5.56. The second-order valence-electron chi connectivity index (χ2n) is 4.47. The van der Waals surface area contributed by atoms with E-state index >= 15 is 0 Å². The molecule has 1 amide bonds. The van der Waals surface area contributed by atoms with Crippen molar-refractivity contribution in [1.82, 2.24) is 0 Å². The number of benzene rings is 1. The van der Waals surface area contributed by atoms with E-state index in [4.69, 9.17) is 15.6 Å². The number of nitro groups is 1. The fraction of sp³-hybridized carbons (Fsp3) is 0.333. The van der Waals surface area contributed by atoms with Crippen molar-refractivity contribution >= 4 is 17.6 Å². The van der Waals surface area contributed by atoms with Gasteiger partial charge in [-0.1, -0.05) is 0 Å². The molecule has 3 N–H and O–H groups in total. The number of carbonyl (C=O) groups is 2. The van der Waals surface area contributed by atoms with E-state index < -0.39 is 22.2 Å². The first kappa shape index (κ1) is 15.4. The highest BCUT2D eigenvalue weighted by molar-refractivity contribution is 6.00. The number of nitrogens with zero attached hydrogens (tertiary/aromatic N) is 1. The zero-order chi connectivity index (χ0) is 15.5. The van der Waals surface area contributed by atoms with Crippen LogP contribution in [-0.2, 0) is 16.0 Å². The zero-order valence-corrected chi connectivity index (χ0v) is 11.0. The molecule has 1 aromatic rings. The van der Waals surface area contributed by atoms with Gasteiger partial charge in [0.1, 0.15) is 11.2 Å². The molecule has 0 fully saturated rings. The predicted octanol–water partition coefficient (Wildman–Crippen LogP) is 0.722. The van der Waals surface area contributed by atoms with Crippen molar-refractivity contribution in [2.75, 3.05) is 7.11 Å². The summed E-state index contributed by atoms with van der Waals surface area (Å²) in [5.74, 6) is -2.21. The Bertz CT molecular complexity index is 555. The maximum absolute atomic E-state index is 11.3. The molecule has 0 radical (unpaired) electrons. The number of amides is 1. The smallest absolute Gasteiger partial charge is 0.319 e. The molecule has 0 aliphatic carbocycles. The number of methoxy groups -OCH3 is 1. The van der Waals surface area contributed by atoms with E-state index in [-0.39, 0.29) is 23.4 Å². The lowest BCUT2D eigenvalue weighted by Gasteiger charge is -2.20. The van der Waals surface area contributed by atoms with Crippen LogP contribution in [0.15, 0.2) is 18.2 Å². The Morgan fingerprint density at radius 1 is 1.45 bits per heavy atom. The lowest BCUT2D eigenvalue weighted by molar-refractivity contribution is -0.385. The van der Waals surface area contributed by atoms with Gasteiger partial charge in [0.15, 0.2) is 0 Å². The van der Waals surface area contributed by atoms with E-state index in [0.717, 1.165) is 0 Å². The van der Waals surface area contributed by atoms with Crippen LogP contribution in [0.4, 0.5) is 5.69 Å². The highest BCUT2D eigenvalue weighted by Crippen LogP contribution is 2.28.